The van der Waals surface area contributed by atoms with Crippen molar-refractivity contribution in [2.24, 2.45) is 7.05 Å². The number of aromatic nitrogens is 3. The smallest absolute Gasteiger partial charge is 0.341 e. The summed E-state index contributed by atoms with van der Waals surface area (Å²) in [5, 5.41) is 14.8. The topological polar surface area (TPSA) is 86.1 Å². The van der Waals surface area contributed by atoms with Crippen molar-refractivity contribution in [2.45, 2.75) is 50.1 Å². The lowest BCUT2D eigenvalue weighted by molar-refractivity contribution is -0.113. The number of thiophene rings is 2. The van der Waals surface area contributed by atoms with Crippen molar-refractivity contribution in [3.8, 4) is 0 Å². The minimum absolute atomic E-state index is 0.169. The van der Waals surface area contributed by atoms with Crippen molar-refractivity contribution in [3.63, 3.8) is 0 Å². The van der Waals surface area contributed by atoms with E-state index in [1.807, 2.05) is 23.1 Å². The Balaban J connectivity index is 1.43. The van der Waals surface area contributed by atoms with E-state index in [0.29, 0.717) is 15.7 Å². The summed E-state index contributed by atoms with van der Waals surface area (Å²) < 4.78 is 6.96. The zero-order valence-electron chi connectivity index (χ0n) is 18.2. The molecule has 1 aliphatic rings. The first kappa shape index (κ1) is 23.0. The second-order valence-electron chi connectivity index (χ2n) is 7.66. The van der Waals surface area contributed by atoms with E-state index in [0.717, 1.165) is 43.5 Å². The molecule has 1 amide bonds. The van der Waals surface area contributed by atoms with Crippen LogP contribution in [0.2, 0.25) is 0 Å². The molecule has 4 rings (SSSR count). The van der Waals surface area contributed by atoms with Crippen LogP contribution in [0.5, 0.6) is 0 Å². The molecule has 0 saturated carbocycles. The number of anilines is 1. The highest BCUT2D eigenvalue weighted by molar-refractivity contribution is 7.99. The van der Waals surface area contributed by atoms with Crippen molar-refractivity contribution in [1.29, 1.82) is 0 Å². The fourth-order valence-electron chi connectivity index (χ4n) is 3.81. The number of nitrogens with zero attached hydrogens (tertiary/aromatic N) is 3. The predicted octanol–water partition coefficient (Wildman–Crippen LogP) is 4.71. The molecule has 1 aliphatic carbocycles. The van der Waals surface area contributed by atoms with Gasteiger partial charge in [0.1, 0.15) is 10.8 Å². The molecule has 0 spiro atoms. The Bertz CT molecular complexity index is 1090. The molecule has 0 aliphatic heterocycles. The van der Waals surface area contributed by atoms with Gasteiger partial charge < -0.3 is 14.6 Å². The van der Waals surface area contributed by atoms with Gasteiger partial charge in [0.25, 0.3) is 0 Å². The van der Waals surface area contributed by atoms with Gasteiger partial charge in [-0.3, -0.25) is 4.79 Å². The average Bonchev–Trinajstić information content (AvgIpc) is 3.48. The van der Waals surface area contributed by atoms with Crippen LogP contribution in [-0.2, 0) is 35.8 Å². The van der Waals surface area contributed by atoms with E-state index in [1.54, 1.807) is 11.3 Å². The highest BCUT2D eigenvalue weighted by atomic mass is 32.2. The zero-order chi connectivity index (χ0) is 22.5. The van der Waals surface area contributed by atoms with Crippen molar-refractivity contribution in [3.05, 3.63) is 44.2 Å². The lowest BCUT2D eigenvalue weighted by Gasteiger charge is -2.11. The Morgan fingerprint density at radius 2 is 2.03 bits per heavy atom. The summed E-state index contributed by atoms with van der Waals surface area (Å²) >= 11 is 4.54. The van der Waals surface area contributed by atoms with Crippen LogP contribution in [0.3, 0.4) is 0 Å². The first-order valence-electron chi connectivity index (χ1n) is 10.6. The number of carbonyl (C=O) groups is 2. The van der Waals surface area contributed by atoms with E-state index in [1.165, 1.54) is 52.8 Å². The molecule has 7 nitrogen and oxygen atoms in total. The minimum Gasteiger partial charge on any atom is -0.465 e. The molecule has 32 heavy (non-hydrogen) atoms. The van der Waals surface area contributed by atoms with Crippen LogP contribution in [0.4, 0.5) is 5.00 Å². The van der Waals surface area contributed by atoms with Crippen LogP contribution >= 0.6 is 34.4 Å². The van der Waals surface area contributed by atoms with Crippen molar-refractivity contribution >= 4 is 51.3 Å². The van der Waals surface area contributed by atoms with Gasteiger partial charge in [0.15, 0.2) is 5.16 Å². The fourth-order valence-corrected chi connectivity index (χ4v) is 6.54. The SMILES string of the molecule is COC(=O)c1c(NC(=O)CSc2nnc(Cc3cccs3)n2C)sc2c1CCCCCC2. The third-order valence-corrected chi connectivity index (χ3v) is 8.59. The molecule has 0 atom stereocenters. The summed E-state index contributed by atoms with van der Waals surface area (Å²) in [5.41, 5.74) is 1.58. The Labute approximate surface area is 199 Å². The first-order valence-corrected chi connectivity index (χ1v) is 13.3. The van der Waals surface area contributed by atoms with Gasteiger partial charge in [-0.1, -0.05) is 30.7 Å². The summed E-state index contributed by atoms with van der Waals surface area (Å²) in [7, 11) is 3.30. The van der Waals surface area contributed by atoms with Gasteiger partial charge in [0.05, 0.1) is 18.4 Å². The lowest BCUT2D eigenvalue weighted by Crippen LogP contribution is -2.16. The van der Waals surface area contributed by atoms with Gasteiger partial charge in [-0.25, -0.2) is 4.79 Å². The number of hydrogen-bond donors (Lipinski definition) is 1. The molecule has 0 aromatic carbocycles. The van der Waals surface area contributed by atoms with Gasteiger partial charge in [-0.2, -0.15) is 0 Å². The number of carbonyl (C=O) groups excluding carboxylic acids is 2. The Morgan fingerprint density at radius 3 is 2.78 bits per heavy atom. The van der Waals surface area contributed by atoms with Gasteiger partial charge in [0.2, 0.25) is 5.91 Å². The van der Waals surface area contributed by atoms with E-state index in [2.05, 4.69) is 21.6 Å². The highest BCUT2D eigenvalue weighted by Gasteiger charge is 2.26. The van der Waals surface area contributed by atoms with Crippen molar-refractivity contribution in [1.82, 2.24) is 14.8 Å². The van der Waals surface area contributed by atoms with Gasteiger partial charge in [-0.15, -0.1) is 32.9 Å². The largest absolute Gasteiger partial charge is 0.465 e. The van der Waals surface area contributed by atoms with E-state index < -0.39 is 0 Å². The Morgan fingerprint density at radius 1 is 1.22 bits per heavy atom. The highest BCUT2D eigenvalue weighted by Crippen LogP contribution is 2.37. The predicted molar refractivity (Wildman–Crippen MR) is 129 cm³/mol. The molecular formula is C22H26N4O3S3. The van der Waals surface area contributed by atoms with E-state index >= 15 is 0 Å². The molecule has 0 radical (unpaired) electrons. The summed E-state index contributed by atoms with van der Waals surface area (Å²) in [4.78, 5) is 27.7. The summed E-state index contributed by atoms with van der Waals surface area (Å²) in [6.07, 6.45) is 7.05. The molecule has 0 fully saturated rings. The maximum absolute atomic E-state index is 12.7. The number of nitrogens with one attached hydrogen (secondary N) is 1. The Hall–Kier alpha value is -2.17. The fraction of sp³-hybridized carbons (Fsp3) is 0.455. The molecule has 3 aromatic rings. The van der Waals surface area contributed by atoms with Gasteiger partial charge >= 0.3 is 5.97 Å². The average molecular weight is 491 g/mol. The Kier molecular flexibility index (Phi) is 7.64. The number of thioether (sulfide) groups is 1. The normalized spacial score (nSPS) is 13.8. The molecular weight excluding hydrogens is 464 g/mol. The van der Waals surface area contributed by atoms with Crippen LogP contribution in [0, 0.1) is 0 Å². The third-order valence-electron chi connectivity index (χ3n) is 5.48. The molecule has 0 bridgehead atoms. The zero-order valence-corrected chi connectivity index (χ0v) is 20.6. The van der Waals surface area contributed by atoms with Crippen LogP contribution in [-0.4, -0.2) is 39.5 Å². The second-order valence-corrected chi connectivity index (χ2v) is 10.7. The van der Waals surface area contributed by atoms with Crippen molar-refractivity contribution < 1.29 is 14.3 Å². The number of esters is 1. The van der Waals surface area contributed by atoms with Crippen LogP contribution in [0.1, 0.15) is 57.2 Å². The molecule has 10 heteroatoms. The van der Waals surface area contributed by atoms with E-state index in [-0.39, 0.29) is 17.6 Å². The van der Waals surface area contributed by atoms with Crippen LogP contribution in [0.15, 0.2) is 22.7 Å². The summed E-state index contributed by atoms with van der Waals surface area (Å²) in [5.74, 6) is 0.505. The molecule has 0 unspecified atom stereocenters. The maximum Gasteiger partial charge on any atom is 0.341 e. The summed E-state index contributed by atoms with van der Waals surface area (Å²) in [6.45, 7) is 0. The number of rotatable bonds is 7. The summed E-state index contributed by atoms with van der Waals surface area (Å²) in [6, 6.07) is 4.09. The number of amides is 1. The quantitative estimate of drug-likeness (QED) is 0.381. The first-order chi connectivity index (χ1) is 15.6. The maximum atomic E-state index is 12.7. The second kappa shape index (κ2) is 10.6. The standard InChI is InChI=1S/C22H26N4O3S3/c1-26-17(12-14-8-7-11-30-14)24-25-22(26)31-13-18(27)23-20-19(21(28)29-2)15-9-5-3-4-6-10-16(15)32-20/h7-8,11H,3-6,9-10,12-13H2,1-2H3,(H,23,27). The molecule has 1 N–H and O–H groups in total. The van der Waals surface area contributed by atoms with Crippen molar-refractivity contribution in [2.75, 3.05) is 18.2 Å². The monoisotopic (exact) mass is 490 g/mol. The molecule has 0 saturated heterocycles. The molecule has 3 aromatic heterocycles. The van der Waals surface area contributed by atoms with Gasteiger partial charge in [0, 0.05) is 23.2 Å². The number of hydrogen-bond acceptors (Lipinski definition) is 8. The number of fused-ring (bicyclic) bond motifs is 1. The number of methoxy groups -OCH3 is 1. The van der Waals surface area contributed by atoms with E-state index in [9.17, 15) is 9.59 Å². The van der Waals surface area contributed by atoms with Gasteiger partial charge in [-0.05, 0) is 42.7 Å². The number of ether oxygens (including phenoxy) is 1. The lowest BCUT2D eigenvalue weighted by atomic mass is 9.96. The minimum atomic E-state index is -0.377. The van der Waals surface area contributed by atoms with E-state index in [4.69, 9.17) is 4.74 Å². The van der Waals surface area contributed by atoms with Crippen LogP contribution in [0.25, 0.3) is 0 Å². The number of aryl methyl sites for hydroxylation is 1. The third kappa shape index (κ3) is 5.24. The van der Waals surface area contributed by atoms with Crippen LogP contribution < -0.4 is 5.32 Å². The molecule has 3 heterocycles. The molecule has 170 valence electrons.